The van der Waals surface area contributed by atoms with Crippen LogP contribution in [-0.4, -0.2) is 17.9 Å². The van der Waals surface area contributed by atoms with E-state index in [0.29, 0.717) is 29.5 Å². The molecular weight excluding hydrogens is 324 g/mol. The maximum absolute atomic E-state index is 12.3. The molecule has 4 rings (SSSR count). The molecule has 0 N–H and O–H groups in total. The minimum atomic E-state index is -0.0331. The average molecular weight is 361 g/mol. The molecule has 0 aliphatic heterocycles. The smallest absolute Gasteiger partial charge is 0.305 e. The molecule has 3 nitrogen and oxygen atoms in total. The van der Waals surface area contributed by atoms with Crippen molar-refractivity contribution in [2.75, 3.05) is 0 Å². The number of Topliss-reactive ketones (excluding diaryl/α,β-unsaturated/α-hetero) is 1. The Bertz CT molecular complexity index is 598. The molecule has 4 fully saturated rings. The molecule has 0 heterocycles. The Balaban J connectivity index is 1.57. The van der Waals surface area contributed by atoms with Crippen LogP contribution in [0.15, 0.2) is 0 Å². The molecule has 0 amide bonds. The van der Waals surface area contributed by atoms with E-state index in [1.807, 2.05) is 6.92 Å². The van der Waals surface area contributed by atoms with Crippen LogP contribution in [0, 0.1) is 40.4 Å². The quantitative estimate of drug-likeness (QED) is 0.638. The van der Waals surface area contributed by atoms with Crippen molar-refractivity contribution in [1.29, 1.82) is 0 Å². The van der Waals surface area contributed by atoms with Gasteiger partial charge >= 0.3 is 5.97 Å². The van der Waals surface area contributed by atoms with Crippen LogP contribution in [0.4, 0.5) is 0 Å². The van der Waals surface area contributed by atoms with Gasteiger partial charge in [0.2, 0.25) is 0 Å². The number of esters is 1. The highest BCUT2D eigenvalue weighted by Gasteiger charge is 2.61. The van der Waals surface area contributed by atoms with Gasteiger partial charge in [0.25, 0.3) is 0 Å². The highest BCUT2D eigenvalue weighted by Crippen LogP contribution is 2.66. The zero-order valence-corrected chi connectivity index (χ0v) is 17.1. The van der Waals surface area contributed by atoms with Gasteiger partial charge in [-0.3, -0.25) is 9.59 Å². The van der Waals surface area contributed by atoms with Crippen molar-refractivity contribution in [3.8, 4) is 0 Å². The third kappa shape index (κ3) is 2.59. The third-order valence-electron chi connectivity index (χ3n) is 9.28. The molecule has 4 saturated carbocycles. The predicted octanol–water partition coefficient (Wildman–Crippen LogP) is 5.17. The molecule has 0 aromatic carbocycles. The lowest BCUT2D eigenvalue weighted by atomic mass is 9.44. The van der Waals surface area contributed by atoms with E-state index in [2.05, 4.69) is 20.8 Å². The van der Waals surface area contributed by atoms with Gasteiger partial charge in [0.15, 0.2) is 0 Å². The molecule has 0 aromatic heterocycles. The number of fused-ring (bicyclic) bond motifs is 5. The summed E-state index contributed by atoms with van der Waals surface area (Å²) in [5.41, 5.74) is 0.515. The molecule has 3 heteroatoms. The number of hydrogen-bond donors (Lipinski definition) is 0. The Morgan fingerprint density at radius 3 is 2.54 bits per heavy atom. The van der Waals surface area contributed by atoms with Crippen molar-refractivity contribution in [2.45, 2.75) is 91.6 Å². The van der Waals surface area contributed by atoms with Gasteiger partial charge < -0.3 is 4.74 Å². The van der Waals surface area contributed by atoms with E-state index < -0.39 is 0 Å². The van der Waals surface area contributed by atoms with Crippen molar-refractivity contribution in [3.05, 3.63) is 0 Å². The van der Waals surface area contributed by atoms with E-state index >= 15 is 0 Å². The largest absolute Gasteiger partial charge is 0.462 e. The first kappa shape index (κ1) is 18.5. The van der Waals surface area contributed by atoms with Crippen molar-refractivity contribution in [1.82, 2.24) is 0 Å². The highest BCUT2D eigenvalue weighted by molar-refractivity contribution is 5.82. The van der Waals surface area contributed by atoms with Crippen molar-refractivity contribution in [2.24, 2.45) is 40.4 Å². The van der Waals surface area contributed by atoms with E-state index in [9.17, 15) is 9.59 Å². The lowest BCUT2D eigenvalue weighted by molar-refractivity contribution is -0.165. The molecule has 26 heavy (non-hydrogen) atoms. The molecule has 0 radical (unpaired) electrons. The van der Waals surface area contributed by atoms with Crippen molar-refractivity contribution >= 4 is 11.8 Å². The van der Waals surface area contributed by atoms with Crippen LogP contribution in [0.25, 0.3) is 0 Å². The minimum Gasteiger partial charge on any atom is -0.462 e. The highest BCUT2D eigenvalue weighted by atomic mass is 16.5. The maximum Gasteiger partial charge on any atom is 0.305 e. The van der Waals surface area contributed by atoms with E-state index in [1.165, 1.54) is 32.1 Å². The summed E-state index contributed by atoms with van der Waals surface area (Å²) < 4.78 is 5.89. The average Bonchev–Trinajstić information content (AvgIpc) is 2.93. The standard InChI is InChI=1S/C23H36O3/c1-5-21(25)26-20-9-8-17-16-7-6-15-12-19(24)14(2)13-23(15,4)18(16)10-11-22(17,20)3/h14-18,20H,5-13H2,1-4H3/t14-,15+,16+,17-,18-,20+,22+,23+/m1/s1. The third-order valence-corrected chi connectivity index (χ3v) is 9.28. The Morgan fingerprint density at radius 1 is 1.08 bits per heavy atom. The van der Waals surface area contributed by atoms with E-state index in [4.69, 9.17) is 4.74 Å². The van der Waals surface area contributed by atoms with Crippen molar-refractivity contribution in [3.63, 3.8) is 0 Å². The maximum atomic E-state index is 12.3. The van der Waals surface area contributed by atoms with Crippen LogP contribution < -0.4 is 0 Å². The topological polar surface area (TPSA) is 43.4 Å². The zero-order valence-electron chi connectivity index (χ0n) is 17.1. The fraction of sp³-hybridized carbons (Fsp3) is 0.913. The van der Waals surface area contributed by atoms with E-state index in [1.54, 1.807) is 0 Å². The number of carbonyl (C=O) groups is 2. The first-order valence-electron chi connectivity index (χ1n) is 11.0. The molecule has 0 unspecified atom stereocenters. The second-order valence-electron chi connectivity index (χ2n) is 10.4. The Morgan fingerprint density at radius 2 is 1.81 bits per heavy atom. The monoisotopic (exact) mass is 360 g/mol. The van der Waals surface area contributed by atoms with Gasteiger partial charge in [0.1, 0.15) is 11.9 Å². The number of ketones is 1. The fourth-order valence-corrected chi connectivity index (χ4v) is 7.79. The number of rotatable bonds is 2. The van der Waals surface area contributed by atoms with Gasteiger partial charge in [-0.1, -0.05) is 27.7 Å². The zero-order chi connectivity index (χ0) is 18.7. The van der Waals surface area contributed by atoms with Crippen LogP contribution in [0.3, 0.4) is 0 Å². The predicted molar refractivity (Wildman–Crippen MR) is 101 cm³/mol. The van der Waals surface area contributed by atoms with Gasteiger partial charge in [-0.15, -0.1) is 0 Å². The van der Waals surface area contributed by atoms with Gasteiger partial charge in [-0.25, -0.2) is 0 Å². The van der Waals surface area contributed by atoms with Crippen LogP contribution in [0.1, 0.15) is 85.5 Å². The molecule has 0 spiro atoms. The van der Waals surface area contributed by atoms with Crippen LogP contribution >= 0.6 is 0 Å². The van der Waals surface area contributed by atoms with Gasteiger partial charge in [-0.05, 0) is 74.0 Å². The molecule has 0 saturated heterocycles. The lowest BCUT2D eigenvalue weighted by Crippen LogP contribution is -2.55. The summed E-state index contributed by atoms with van der Waals surface area (Å²) in [7, 11) is 0. The first-order chi connectivity index (χ1) is 12.3. The lowest BCUT2D eigenvalue weighted by Gasteiger charge is -2.60. The summed E-state index contributed by atoms with van der Waals surface area (Å²) >= 11 is 0. The molecule has 146 valence electrons. The summed E-state index contributed by atoms with van der Waals surface area (Å²) in [6, 6.07) is 0. The summed E-state index contributed by atoms with van der Waals surface area (Å²) in [4.78, 5) is 24.2. The van der Waals surface area contributed by atoms with Gasteiger partial charge in [0, 0.05) is 24.2 Å². The van der Waals surface area contributed by atoms with Gasteiger partial charge in [-0.2, -0.15) is 0 Å². The number of carbonyl (C=O) groups excluding carboxylic acids is 2. The number of ether oxygens (including phenoxy) is 1. The van der Waals surface area contributed by atoms with Crippen LogP contribution in [-0.2, 0) is 14.3 Å². The van der Waals surface area contributed by atoms with Crippen LogP contribution in [0.5, 0.6) is 0 Å². The first-order valence-corrected chi connectivity index (χ1v) is 11.0. The molecule has 4 aliphatic rings. The van der Waals surface area contributed by atoms with E-state index in [0.717, 1.165) is 31.1 Å². The molecular formula is C23H36O3. The van der Waals surface area contributed by atoms with Crippen LogP contribution in [0.2, 0.25) is 0 Å². The summed E-state index contributed by atoms with van der Waals surface area (Å²) in [6.07, 6.45) is 9.72. The second kappa shape index (κ2) is 6.34. The SMILES string of the molecule is CCC(=O)O[C@H]1CC[C@@H]2[C@@H]3CC[C@H]4CC(=O)[C@H](C)C[C@]4(C)[C@@H]3CC[C@]12C. The summed E-state index contributed by atoms with van der Waals surface area (Å²) in [6.45, 7) is 8.94. The van der Waals surface area contributed by atoms with Crippen molar-refractivity contribution < 1.29 is 14.3 Å². The molecule has 4 aliphatic carbocycles. The molecule has 8 atom stereocenters. The Kier molecular flexibility index (Phi) is 4.51. The Hall–Kier alpha value is -0.860. The Labute approximate surface area is 158 Å². The number of hydrogen-bond acceptors (Lipinski definition) is 3. The van der Waals surface area contributed by atoms with E-state index in [-0.39, 0.29) is 23.4 Å². The summed E-state index contributed by atoms with van der Waals surface area (Å²) in [5, 5.41) is 0. The summed E-state index contributed by atoms with van der Waals surface area (Å²) in [5.74, 6) is 3.53. The normalized spacial score (nSPS) is 50.5. The molecule has 0 aromatic rings. The fourth-order valence-electron chi connectivity index (χ4n) is 7.79. The van der Waals surface area contributed by atoms with Gasteiger partial charge in [0.05, 0.1) is 0 Å². The second-order valence-corrected chi connectivity index (χ2v) is 10.4. The minimum absolute atomic E-state index is 0.0331. The molecule has 0 bridgehead atoms.